The second-order valence-electron chi connectivity index (χ2n) is 7.50. The maximum Gasteiger partial charge on any atom is 0.341 e. The summed E-state index contributed by atoms with van der Waals surface area (Å²) < 4.78 is 33.7. The van der Waals surface area contributed by atoms with Gasteiger partial charge in [-0.25, -0.2) is 23.2 Å². The minimum atomic E-state index is -1.41. The fraction of sp³-hybridized carbons (Fsp3) is 0.368. The molecule has 5 rings (SSSR count). The van der Waals surface area contributed by atoms with Gasteiger partial charge in [-0.2, -0.15) is 5.10 Å². The molecule has 0 amide bonds. The van der Waals surface area contributed by atoms with Crippen molar-refractivity contribution in [2.45, 2.75) is 31.3 Å². The van der Waals surface area contributed by atoms with Crippen LogP contribution in [0, 0.1) is 11.6 Å². The number of halogens is 2. The lowest BCUT2D eigenvalue weighted by molar-refractivity contribution is 0.0695. The summed E-state index contributed by atoms with van der Waals surface area (Å²) in [4.78, 5) is 29.5. The van der Waals surface area contributed by atoms with Crippen LogP contribution in [-0.4, -0.2) is 43.5 Å². The van der Waals surface area contributed by atoms with Gasteiger partial charge in [-0.05, 0) is 25.3 Å². The number of nitrogens with zero attached hydrogens (tertiary/aromatic N) is 5. The minimum absolute atomic E-state index is 0.0388. The highest BCUT2D eigenvalue weighted by Crippen LogP contribution is 2.40. The van der Waals surface area contributed by atoms with Crippen molar-refractivity contribution in [2.24, 2.45) is 0 Å². The smallest absolute Gasteiger partial charge is 0.341 e. The van der Waals surface area contributed by atoms with Gasteiger partial charge in [0.25, 0.3) is 0 Å². The average molecular weight is 401 g/mol. The van der Waals surface area contributed by atoms with Crippen LogP contribution in [0.15, 0.2) is 29.7 Å². The van der Waals surface area contributed by atoms with Crippen molar-refractivity contribution >= 4 is 22.6 Å². The first-order chi connectivity index (χ1) is 14.0. The summed E-state index contributed by atoms with van der Waals surface area (Å²) in [5.74, 6) is -3.12. The second kappa shape index (κ2) is 6.36. The molecule has 1 unspecified atom stereocenters. The van der Waals surface area contributed by atoms with Gasteiger partial charge in [0.1, 0.15) is 29.7 Å². The normalized spacial score (nSPS) is 19.2. The highest BCUT2D eigenvalue weighted by atomic mass is 19.1. The van der Waals surface area contributed by atoms with Gasteiger partial charge in [-0.15, -0.1) is 0 Å². The van der Waals surface area contributed by atoms with Gasteiger partial charge in [0.2, 0.25) is 5.43 Å². The quantitative estimate of drug-likeness (QED) is 0.722. The number of hydrogen-bond donors (Lipinski definition) is 1. The first kappa shape index (κ1) is 17.8. The molecule has 0 radical (unpaired) electrons. The molecular formula is C19H17F2N5O3. The summed E-state index contributed by atoms with van der Waals surface area (Å²) in [7, 11) is 0. The van der Waals surface area contributed by atoms with E-state index in [0.29, 0.717) is 19.5 Å². The molecule has 0 spiro atoms. The van der Waals surface area contributed by atoms with Crippen LogP contribution in [-0.2, 0) is 0 Å². The average Bonchev–Trinajstić information content (AvgIpc) is 3.16. The first-order valence-corrected chi connectivity index (χ1v) is 9.35. The Bertz CT molecular complexity index is 1190. The van der Waals surface area contributed by atoms with E-state index in [2.05, 4.69) is 10.1 Å². The van der Waals surface area contributed by atoms with Gasteiger partial charge >= 0.3 is 5.97 Å². The second-order valence-corrected chi connectivity index (χ2v) is 7.50. The summed E-state index contributed by atoms with van der Waals surface area (Å²) >= 11 is 0. The highest BCUT2D eigenvalue weighted by Gasteiger charge is 2.33. The SMILES string of the molecule is O=C(O)c1cn(C2CC2)c2c(F)c(N3CCC(n4cncn4)C3)c(F)cc2c1=O. The summed E-state index contributed by atoms with van der Waals surface area (Å²) in [6, 6.07) is 0.807. The predicted octanol–water partition coefficient (Wildman–Crippen LogP) is 2.36. The molecule has 1 aliphatic heterocycles. The molecule has 150 valence electrons. The molecule has 29 heavy (non-hydrogen) atoms. The fourth-order valence-corrected chi connectivity index (χ4v) is 4.08. The van der Waals surface area contributed by atoms with E-state index in [1.807, 2.05) is 0 Å². The van der Waals surface area contributed by atoms with Crippen molar-refractivity contribution in [1.82, 2.24) is 19.3 Å². The zero-order chi connectivity index (χ0) is 20.3. The molecule has 2 aromatic heterocycles. The molecule has 1 atom stereocenters. The third kappa shape index (κ3) is 2.78. The van der Waals surface area contributed by atoms with Crippen LogP contribution >= 0.6 is 0 Å². The number of anilines is 1. The molecule has 1 aromatic carbocycles. The Labute approximate surface area is 163 Å². The van der Waals surface area contributed by atoms with Gasteiger partial charge < -0.3 is 14.6 Å². The Hall–Kier alpha value is -3.30. The van der Waals surface area contributed by atoms with Gasteiger partial charge in [0.05, 0.1) is 16.9 Å². The van der Waals surface area contributed by atoms with Crippen molar-refractivity contribution in [2.75, 3.05) is 18.0 Å². The number of fused-ring (bicyclic) bond motifs is 1. The van der Waals surface area contributed by atoms with E-state index in [1.165, 1.54) is 17.1 Å². The number of carboxylic acids is 1. The van der Waals surface area contributed by atoms with E-state index in [9.17, 15) is 19.1 Å². The summed E-state index contributed by atoms with van der Waals surface area (Å²) in [5.41, 5.74) is -1.60. The number of aromatic carboxylic acids is 1. The number of carboxylic acid groups (broad SMARTS) is 1. The van der Waals surface area contributed by atoms with Crippen LogP contribution in [0.4, 0.5) is 14.5 Å². The van der Waals surface area contributed by atoms with Crippen LogP contribution in [0.3, 0.4) is 0 Å². The third-order valence-electron chi connectivity index (χ3n) is 5.64. The Morgan fingerprint density at radius 3 is 2.66 bits per heavy atom. The van der Waals surface area contributed by atoms with E-state index in [-0.39, 0.29) is 28.7 Å². The van der Waals surface area contributed by atoms with E-state index in [0.717, 1.165) is 18.9 Å². The van der Waals surface area contributed by atoms with Crippen LogP contribution in [0.25, 0.3) is 10.9 Å². The molecule has 1 N–H and O–H groups in total. The number of carbonyl (C=O) groups is 1. The largest absolute Gasteiger partial charge is 0.477 e. The predicted molar refractivity (Wildman–Crippen MR) is 99.2 cm³/mol. The van der Waals surface area contributed by atoms with Crippen LogP contribution in [0.5, 0.6) is 0 Å². The number of pyridine rings is 1. The zero-order valence-electron chi connectivity index (χ0n) is 15.3. The van der Waals surface area contributed by atoms with Crippen LogP contribution in [0.1, 0.15) is 41.7 Å². The number of rotatable bonds is 4. The van der Waals surface area contributed by atoms with E-state index >= 15 is 4.39 Å². The van der Waals surface area contributed by atoms with Crippen molar-refractivity contribution in [3.8, 4) is 0 Å². The number of aromatic nitrogens is 4. The zero-order valence-corrected chi connectivity index (χ0v) is 15.3. The maximum absolute atomic E-state index is 15.6. The minimum Gasteiger partial charge on any atom is -0.477 e. The van der Waals surface area contributed by atoms with Crippen LogP contribution < -0.4 is 10.3 Å². The van der Waals surface area contributed by atoms with Gasteiger partial charge in [-0.1, -0.05) is 0 Å². The summed E-state index contributed by atoms with van der Waals surface area (Å²) in [6.07, 6.45) is 6.31. The molecule has 10 heteroatoms. The molecule has 2 aliphatic rings. The molecule has 0 bridgehead atoms. The Kier molecular flexibility index (Phi) is 3.90. The fourth-order valence-electron chi connectivity index (χ4n) is 4.08. The monoisotopic (exact) mass is 401 g/mol. The summed E-state index contributed by atoms with van der Waals surface area (Å²) in [5, 5.41) is 13.2. The Morgan fingerprint density at radius 1 is 1.21 bits per heavy atom. The van der Waals surface area contributed by atoms with Crippen molar-refractivity contribution in [3.63, 3.8) is 0 Å². The van der Waals surface area contributed by atoms with E-state index in [4.69, 9.17) is 0 Å². The topological polar surface area (TPSA) is 93.2 Å². The standard InChI is InChI=1S/C19H17F2N5O3/c20-14-5-12-16(25(10-1-2-10)7-13(18(12)27)19(28)29)15(21)17(14)24-4-3-11(6-24)26-9-22-8-23-26/h5,7-11H,1-4,6H2,(H,28,29). The number of benzene rings is 1. The Morgan fingerprint density at radius 2 is 2.00 bits per heavy atom. The Balaban J connectivity index is 1.66. The molecule has 1 aliphatic carbocycles. The molecule has 3 heterocycles. The molecule has 2 fully saturated rings. The lowest BCUT2D eigenvalue weighted by Crippen LogP contribution is -2.25. The van der Waals surface area contributed by atoms with E-state index in [1.54, 1.807) is 15.9 Å². The van der Waals surface area contributed by atoms with Crippen molar-refractivity contribution in [3.05, 3.63) is 52.3 Å². The van der Waals surface area contributed by atoms with Gasteiger partial charge in [0.15, 0.2) is 5.82 Å². The van der Waals surface area contributed by atoms with Gasteiger partial charge in [0, 0.05) is 25.3 Å². The molecule has 1 saturated carbocycles. The lowest BCUT2D eigenvalue weighted by Gasteiger charge is -2.22. The highest BCUT2D eigenvalue weighted by molar-refractivity contribution is 5.94. The van der Waals surface area contributed by atoms with Crippen molar-refractivity contribution < 1.29 is 18.7 Å². The molecular weight excluding hydrogens is 384 g/mol. The van der Waals surface area contributed by atoms with Crippen LogP contribution in [0.2, 0.25) is 0 Å². The lowest BCUT2D eigenvalue weighted by atomic mass is 10.1. The van der Waals surface area contributed by atoms with Crippen molar-refractivity contribution in [1.29, 1.82) is 0 Å². The van der Waals surface area contributed by atoms with Gasteiger partial charge in [-0.3, -0.25) is 4.79 Å². The molecule has 8 nitrogen and oxygen atoms in total. The summed E-state index contributed by atoms with van der Waals surface area (Å²) in [6.45, 7) is 0.772. The third-order valence-corrected chi connectivity index (χ3v) is 5.64. The van der Waals surface area contributed by atoms with E-state index < -0.39 is 28.6 Å². The molecule has 3 aromatic rings. The first-order valence-electron chi connectivity index (χ1n) is 9.35. The number of hydrogen-bond acceptors (Lipinski definition) is 5. The maximum atomic E-state index is 15.6. The molecule has 1 saturated heterocycles.